The van der Waals surface area contributed by atoms with Crippen LogP contribution in [0.3, 0.4) is 0 Å². The van der Waals surface area contributed by atoms with Gasteiger partial charge in [0, 0.05) is 24.2 Å². The van der Waals surface area contributed by atoms with Gasteiger partial charge in [-0.1, -0.05) is 12.7 Å². The molecule has 0 bridgehead atoms. The van der Waals surface area contributed by atoms with E-state index in [1.807, 2.05) is 20.8 Å². The van der Waals surface area contributed by atoms with Crippen molar-refractivity contribution in [1.82, 2.24) is 9.55 Å². The number of nitrogens with two attached hydrogens (primary N) is 2. The van der Waals surface area contributed by atoms with Gasteiger partial charge >= 0.3 is 0 Å². The topological polar surface area (TPSA) is 140 Å². The summed E-state index contributed by atoms with van der Waals surface area (Å²) in [6.07, 6.45) is 5.83. The third-order valence-corrected chi connectivity index (χ3v) is 3.51. The lowest BCUT2D eigenvalue weighted by Crippen LogP contribution is -2.31. The van der Waals surface area contributed by atoms with Gasteiger partial charge in [-0.15, -0.1) is 0 Å². The zero-order valence-corrected chi connectivity index (χ0v) is 16.2. The molecule has 148 valence electrons. The van der Waals surface area contributed by atoms with E-state index in [0.29, 0.717) is 28.2 Å². The van der Waals surface area contributed by atoms with Crippen LogP contribution in [-0.2, 0) is 11.3 Å². The molecule has 9 nitrogen and oxygen atoms in total. The van der Waals surface area contributed by atoms with Crippen molar-refractivity contribution in [1.29, 1.82) is 0 Å². The van der Waals surface area contributed by atoms with E-state index in [4.69, 9.17) is 11.5 Å². The summed E-state index contributed by atoms with van der Waals surface area (Å²) in [5.41, 5.74) is 10.1. The molecule has 6 N–H and O–H groups in total. The second kappa shape index (κ2) is 8.38. The minimum absolute atomic E-state index is 0.208. The van der Waals surface area contributed by atoms with Crippen LogP contribution in [0.1, 0.15) is 20.8 Å². The monoisotopic (exact) mass is 383 g/mol. The molecule has 0 spiro atoms. The molecule has 0 aliphatic carbocycles. The average molecular weight is 383 g/mol. The quantitative estimate of drug-likeness (QED) is 0.534. The first-order valence-electron chi connectivity index (χ1n) is 8.59. The van der Waals surface area contributed by atoms with E-state index in [2.05, 4.69) is 27.2 Å². The Labute approximate surface area is 162 Å². The van der Waals surface area contributed by atoms with Gasteiger partial charge in [-0.3, -0.25) is 9.59 Å². The summed E-state index contributed by atoms with van der Waals surface area (Å²) in [4.78, 5) is 32.8. The highest BCUT2D eigenvalue weighted by molar-refractivity contribution is 5.93. The minimum Gasteiger partial charge on any atom is -0.402 e. The number of allylic oxidation sites excluding steroid dienone is 1. The van der Waals surface area contributed by atoms with Crippen LogP contribution < -0.4 is 27.7 Å². The molecule has 0 saturated heterocycles. The fraction of sp³-hybridized carbons (Fsp3) is 0.263. The Morgan fingerprint density at radius 3 is 2.71 bits per heavy atom. The summed E-state index contributed by atoms with van der Waals surface area (Å²) in [5.74, 6) is 0.593. The lowest BCUT2D eigenvalue weighted by atomic mass is 10.1. The number of fused-ring (bicyclic) bond motifs is 1. The van der Waals surface area contributed by atoms with Gasteiger partial charge in [0.1, 0.15) is 24.0 Å². The molecule has 0 fully saturated rings. The number of carbonyl (C=O) groups is 1. The molecule has 2 aromatic heterocycles. The number of rotatable bonds is 7. The van der Waals surface area contributed by atoms with Crippen molar-refractivity contribution in [3.8, 4) is 0 Å². The third-order valence-electron chi connectivity index (χ3n) is 3.51. The largest absolute Gasteiger partial charge is 0.402 e. The molecule has 0 atom stereocenters. The Morgan fingerprint density at radius 1 is 1.43 bits per heavy atom. The molecule has 1 amide bonds. The number of carbonyl (C=O) groups excluding carboxylic acids is 1. The van der Waals surface area contributed by atoms with Crippen LogP contribution >= 0.6 is 0 Å². The Balaban J connectivity index is 2.64. The Bertz CT molecular complexity index is 1010. The van der Waals surface area contributed by atoms with Crippen LogP contribution in [0.2, 0.25) is 0 Å². The number of nitrogens with zero attached hydrogens (tertiary/aromatic N) is 3. The van der Waals surface area contributed by atoms with Crippen molar-refractivity contribution in [2.75, 3.05) is 10.6 Å². The van der Waals surface area contributed by atoms with Crippen molar-refractivity contribution < 1.29 is 4.79 Å². The van der Waals surface area contributed by atoms with Gasteiger partial charge in [0.15, 0.2) is 0 Å². The van der Waals surface area contributed by atoms with E-state index in [0.717, 1.165) is 0 Å². The molecule has 0 saturated carbocycles. The Hall–Kier alpha value is -3.62. The lowest BCUT2D eigenvalue weighted by molar-refractivity contribution is -0.118. The molecule has 2 heterocycles. The highest BCUT2D eigenvalue weighted by Gasteiger charge is 2.17. The number of anilines is 2. The number of aromatic nitrogens is 2. The number of hydrogen-bond acceptors (Lipinski definition) is 7. The Morgan fingerprint density at radius 2 is 2.14 bits per heavy atom. The molecule has 28 heavy (non-hydrogen) atoms. The molecule has 0 unspecified atom stereocenters. The van der Waals surface area contributed by atoms with E-state index in [1.165, 1.54) is 29.3 Å². The Kier molecular flexibility index (Phi) is 6.19. The average Bonchev–Trinajstić information content (AvgIpc) is 2.59. The molecular formula is C19H25N7O2. The molecule has 0 aromatic carbocycles. The summed E-state index contributed by atoms with van der Waals surface area (Å²) in [6.45, 7) is 9.21. The number of amides is 1. The van der Waals surface area contributed by atoms with Gasteiger partial charge in [0.05, 0.1) is 5.39 Å². The number of pyridine rings is 2. The second-order valence-corrected chi connectivity index (χ2v) is 7.10. The third kappa shape index (κ3) is 5.19. The van der Waals surface area contributed by atoms with Gasteiger partial charge in [-0.2, -0.15) is 0 Å². The maximum Gasteiger partial charge on any atom is 0.262 e. The molecule has 0 aliphatic heterocycles. The normalized spacial score (nSPS) is 12.3. The van der Waals surface area contributed by atoms with Crippen LogP contribution in [0.15, 0.2) is 52.8 Å². The standard InChI is InChI=1S/C19H25N7O2/c1-5-7-22-15(10-20)23-14-9-12-6-8-26(11-13(21)27)18(28)16(12)17(24-14)25-19(2,3)4/h5-10H,1,11,20H2,2-4H3,(H2,21,27)(H2,23,24,25)/b15-10+,22-7-. The van der Waals surface area contributed by atoms with E-state index < -0.39 is 5.91 Å². The minimum atomic E-state index is -0.601. The van der Waals surface area contributed by atoms with E-state index in [1.54, 1.807) is 12.1 Å². The summed E-state index contributed by atoms with van der Waals surface area (Å²) in [6, 6.07) is 3.42. The fourth-order valence-corrected chi connectivity index (χ4v) is 2.49. The van der Waals surface area contributed by atoms with Crippen LogP contribution in [0.4, 0.5) is 11.6 Å². The molecule has 0 aliphatic rings. The van der Waals surface area contributed by atoms with Crippen molar-refractivity contribution in [3.63, 3.8) is 0 Å². The van der Waals surface area contributed by atoms with Crippen molar-refractivity contribution in [2.45, 2.75) is 32.9 Å². The summed E-state index contributed by atoms with van der Waals surface area (Å²) in [7, 11) is 0. The molecule has 9 heteroatoms. The van der Waals surface area contributed by atoms with E-state index >= 15 is 0 Å². The predicted octanol–water partition coefficient (Wildman–Crippen LogP) is 1.52. The molecule has 2 rings (SSSR count). The zero-order chi connectivity index (χ0) is 20.9. The van der Waals surface area contributed by atoms with E-state index in [9.17, 15) is 9.59 Å². The van der Waals surface area contributed by atoms with Crippen LogP contribution in [-0.4, -0.2) is 27.2 Å². The zero-order valence-electron chi connectivity index (χ0n) is 16.2. The van der Waals surface area contributed by atoms with Gasteiger partial charge in [0.2, 0.25) is 5.91 Å². The molecular weight excluding hydrogens is 358 g/mol. The van der Waals surface area contributed by atoms with Crippen molar-refractivity contribution in [2.24, 2.45) is 16.5 Å². The highest BCUT2D eigenvalue weighted by atomic mass is 16.2. The van der Waals surface area contributed by atoms with Gasteiger partial charge in [-0.05, 0) is 38.3 Å². The van der Waals surface area contributed by atoms with Crippen molar-refractivity contribution >= 4 is 34.5 Å². The second-order valence-electron chi connectivity index (χ2n) is 7.10. The SMILES string of the molecule is C=C/C=N\C(=C/N)Nc1cc2ccn(CC(N)=O)c(=O)c2c(NC(C)(C)C)n1. The summed E-state index contributed by atoms with van der Waals surface area (Å²) < 4.78 is 1.26. The number of primary amides is 1. The number of aliphatic imine (C=N–C) groups is 1. The lowest BCUT2D eigenvalue weighted by Gasteiger charge is -2.23. The predicted molar refractivity (Wildman–Crippen MR) is 113 cm³/mol. The number of hydrogen-bond donors (Lipinski definition) is 4. The highest BCUT2D eigenvalue weighted by Crippen LogP contribution is 2.25. The van der Waals surface area contributed by atoms with Gasteiger partial charge < -0.3 is 26.7 Å². The smallest absolute Gasteiger partial charge is 0.262 e. The first kappa shape index (κ1) is 20.7. The number of nitrogens with one attached hydrogen (secondary N) is 2. The molecule has 2 aromatic rings. The van der Waals surface area contributed by atoms with Crippen LogP contribution in [0.25, 0.3) is 10.8 Å². The van der Waals surface area contributed by atoms with Crippen molar-refractivity contribution in [3.05, 3.63) is 53.4 Å². The first-order chi connectivity index (χ1) is 13.1. The van der Waals surface area contributed by atoms with Crippen LogP contribution in [0, 0.1) is 0 Å². The maximum atomic E-state index is 12.9. The van der Waals surface area contributed by atoms with E-state index in [-0.39, 0.29) is 17.6 Å². The fourth-order valence-electron chi connectivity index (χ4n) is 2.49. The van der Waals surface area contributed by atoms with Gasteiger partial charge in [-0.25, -0.2) is 9.98 Å². The van der Waals surface area contributed by atoms with Crippen LogP contribution in [0.5, 0.6) is 0 Å². The maximum absolute atomic E-state index is 12.9. The summed E-state index contributed by atoms with van der Waals surface area (Å²) in [5, 5.41) is 7.24. The summed E-state index contributed by atoms with van der Waals surface area (Å²) >= 11 is 0. The first-order valence-corrected chi connectivity index (χ1v) is 8.59. The van der Waals surface area contributed by atoms with Gasteiger partial charge in [0.25, 0.3) is 5.56 Å². The molecule has 0 radical (unpaired) electrons.